The molecule has 1 fully saturated rings. The lowest BCUT2D eigenvalue weighted by molar-refractivity contribution is -0.242. The number of azide groups is 1. The fraction of sp³-hybridized carbons (Fsp3) is 1.00. The first-order valence-corrected chi connectivity index (χ1v) is 9.80. The highest BCUT2D eigenvalue weighted by molar-refractivity contribution is 6.74. The van der Waals surface area contributed by atoms with Gasteiger partial charge >= 0.3 is 0 Å². The summed E-state index contributed by atoms with van der Waals surface area (Å²) in [7, 11) is -2.24. The van der Waals surface area contributed by atoms with Gasteiger partial charge in [-0.15, -0.1) is 0 Å². The number of ether oxygens (including phenoxy) is 1. The summed E-state index contributed by atoms with van der Waals surface area (Å²) >= 11 is 0. The van der Waals surface area contributed by atoms with Crippen molar-refractivity contribution in [3.05, 3.63) is 10.4 Å². The molecule has 1 rings (SSSR count). The summed E-state index contributed by atoms with van der Waals surface area (Å²) in [5, 5.41) is 32.5. The van der Waals surface area contributed by atoms with E-state index in [9.17, 15) is 15.3 Å². The molecule has 1 saturated heterocycles. The molecule has 122 valence electrons. The number of hydrogen-bond donors (Lipinski definition) is 3. The van der Waals surface area contributed by atoms with E-state index in [1.165, 1.54) is 0 Å². The van der Waals surface area contributed by atoms with E-state index < -0.39 is 45.6 Å². The molecule has 5 atom stereocenters. The van der Waals surface area contributed by atoms with Crippen LogP contribution in [-0.4, -0.2) is 60.9 Å². The second-order valence-electron chi connectivity index (χ2n) is 6.78. The van der Waals surface area contributed by atoms with Crippen LogP contribution in [0.1, 0.15) is 20.8 Å². The average Bonchev–Trinajstić information content (AvgIpc) is 2.36. The van der Waals surface area contributed by atoms with Gasteiger partial charge in [0.15, 0.2) is 14.6 Å². The van der Waals surface area contributed by atoms with Gasteiger partial charge in [-0.25, -0.2) is 0 Å². The van der Waals surface area contributed by atoms with Crippen molar-refractivity contribution in [2.75, 3.05) is 6.61 Å². The normalized spacial score (nSPS) is 34.4. The third-order valence-electron chi connectivity index (χ3n) is 4.25. The Morgan fingerprint density at radius 3 is 2.29 bits per heavy atom. The minimum absolute atomic E-state index is 0.104. The molecular weight excluding hydrogens is 294 g/mol. The maximum Gasteiger partial charge on any atom is 0.195 e. The van der Waals surface area contributed by atoms with Gasteiger partial charge in [-0.3, -0.25) is 0 Å². The molecule has 1 heterocycles. The summed E-state index contributed by atoms with van der Waals surface area (Å²) < 4.78 is 11.5. The van der Waals surface area contributed by atoms with E-state index in [1.54, 1.807) is 0 Å². The van der Waals surface area contributed by atoms with Gasteiger partial charge in [0.25, 0.3) is 0 Å². The highest BCUT2D eigenvalue weighted by Crippen LogP contribution is 2.39. The zero-order chi connectivity index (χ0) is 16.4. The number of aliphatic hydroxyl groups excluding tert-OH is 3. The maximum atomic E-state index is 10.1. The summed E-state index contributed by atoms with van der Waals surface area (Å²) in [6.45, 7) is 9.65. The highest BCUT2D eigenvalue weighted by Gasteiger charge is 2.48. The van der Waals surface area contributed by atoms with Crippen LogP contribution >= 0.6 is 0 Å². The molecule has 4 unspecified atom stereocenters. The molecule has 0 aromatic rings. The average molecular weight is 319 g/mol. The fourth-order valence-corrected chi connectivity index (χ4v) is 2.94. The lowest BCUT2D eigenvalue weighted by Crippen LogP contribution is -2.61. The van der Waals surface area contributed by atoms with E-state index in [2.05, 4.69) is 10.0 Å². The minimum atomic E-state index is -2.24. The molecule has 1 aliphatic rings. The van der Waals surface area contributed by atoms with Crippen molar-refractivity contribution >= 4 is 8.32 Å². The Morgan fingerprint density at radius 1 is 1.29 bits per heavy atom. The van der Waals surface area contributed by atoms with E-state index in [-0.39, 0.29) is 5.04 Å². The molecule has 0 amide bonds. The van der Waals surface area contributed by atoms with Crippen molar-refractivity contribution in [3.63, 3.8) is 0 Å². The van der Waals surface area contributed by atoms with Crippen molar-refractivity contribution in [2.45, 2.75) is 69.5 Å². The number of hydrogen-bond acceptors (Lipinski definition) is 6. The van der Waals surface area contributed by atoms with Gasteiger partial charge in [0.2, 0.25) is 0 Å². The Labute approximate surface area is 125 Å². The van der Waals surface area contributed by atoms with Gasteiger partial charge in [0.05, 0.1) is 12.7 Å². The van der Waals surface area contributed by atoms with Crippen molar-refractivity contribution in [3.8, 4) is 0 Å². The third kappa shape index (κ3) is 3.95. The van der Waals surface area contributed by atoms with E-state index in [0.29, 0.717) is 0 Å². The molecule has 9 heteroatoms. The van der Waals surface area contributed by atoms with Gasteiger partial charge in [0, 0.05) is 4.91 Å². The van der Waals surface area contributed by atoms with Crippen LogP contribution in [-0.2, 0) is 9.16 Å². The Hall–Kier alpha value is -0.673. The third-order valence-corrected chi connectivity index (χ3v) is 8.68. The first-order valence-electron chi connectivity index (χ1n) is 6.89. The quantitative estimate of drug-likeness (QED) is 0.310. The van der Waals surface area contributed by atoms with Crippen LogP contribution in [0, 0.1) is 0 Å². The van der Waals surface area contributed by atoms with Crippen LogP contribution in [0.3, 0.4) is 0 Å². The van der Waals surface area contributed by atoms with Gasteiger partial charge in [-0.2, -0.15) is 0 Å². The van der Waals surface area contributed by atoms with Crippen LogP contribution in [0.15, 0.2) is 5.11 Å². The predicted octanol–water partition coefficient (Wildman–Crippen LogP) is 1.13. The van der Waals surface area contributed by atoms with Crippen LogP contribution in [0.2, 0.25) is 18.1 Å². The van der Waals surface area contributed by atoms with Gasteiger partial charge in [0.1, 0.15) is 18.2 Å². The van der Waals surface area contributed by atoms with Crippen molar-refractivity contribution in [1.29, 1.82) is 0 Å². The smallest absolute Gasteiger partial charge is 0.195 e. The number of nitrogens with zero attached hydrogens (tertiary/aromatic N) is 3. The van der Waals surface area contributed by atoms with Crippen LogP contribution in [0.4, 0.5) is 0 Å². The highest BCUT2D eigenvalue weighted by atomic mass is 28.4. The standard InChI is InChI=1S/C12H25N3O5Si/c1-12(2,3)21(4,5)20-11-8(14-15-13)10(18)9(17)7(6-16)19-11/h7-11,16-18H,6H2,1-5H3/t7?,8?,9-,10?,11?/m1/s1. The van der Waals surface area contributed by atoms with E-state index >= 15 is 0 Å². The molecule has 8 nitrogen and oxygen atoms in total. The monoisotopic (exact) mass is 319 g/mol. The van der Waals surface area contributed by atoms with Crippen molar-refractivity contribution in [2.24, 2.45) is 5.11 Å². The SMILES string of the molecule is CC(C)(C)[Si](C)(C)OC1OC(CO)[C@@H](O)C(O)C1N=[N+]=[N-]. The zero-order valence-electron chi connectivity index (χ0n) is 13.1. The summed E-state index contributed by atoms with van der Waals surface area (Å²) in [6, 6.07) is -1.05. The molecule has 0 aromatic heterocycles. The number of rotatable bonds is 4. The summed E-state index contributed by atoms with van der Waals surface area (Å²) in [5.41, 5.74) is 8.64. The van der Waals surface area contributed by atoms with Gasteiger partial charge in [-0.1, -0.05) is 25.9 Å². The zero-order valence-corrected chi connectivity index (χ0v) is 14.1. The second-order valence-corrected chi connectivity index (χ2v) is 11.5. The van der Waals surface area contributed by atoms with Gasteiger partial charge < -0.3 is 24.5 Å². The molecule has 1 aliphatic heterocycles. The Kier molecular flexibility index (Phi) is 5.79. The Balaban J connectivity index is 3.03. The first-order chi connectivity index (χ1) is 9.55. The summed E-state index contributed by atoms with van der Waals surface area (Å²) in [6.07, 6.45) is -4.64. The predicted molar refractivity (Wildman–Crippen MR) is 79.0 cm³/mol. The van der Waals surface area contributed by atoms with Crippen LogP contribution < -0.4 is 0 Å². The lowest BCUT2D eigenvalue weighted by Gasteiger charge is -2.45. The molecule has 0 aromatic carbocycles. The van der Waals surface area contributed by atoms with Crippen molar-refractivity contribution in [1.82, 2.24) is 0 Å². The largest absolute Gasteiger partial charge is 0.394 e. The first kappa shape index (κ1) is 18.4. The molecule has 0 aliphatic carbocycles. The van der Waals surface area contributed by atoms with Crippen LogP contribution in [0.25, 0.3) is 10.4 Å². The van der Waals surface area contributed by atoms with E-state index in [0.717, 1.165) is 0 Å². The molecule has 21 heavy (non-hydrogen) atoms. The lowest BCUT2D eigenvalue weighted by atomic mass is 9.98. The van der Waals surface area contributed by atoms with E-state index in [1.807, 2.05) is 33.9 Å². The van der Waals surface area contributed by atoms with Gasteiger partial charge in [-0.05, 0) is 23.7 Å². The molecule has 0 spiro atoms. The fourth-order valence-electron chi connectivity index (χ4n) is 1.81. The molecular formula is C12H25N3O5Si. The van der Waals surface area contributed by atoms with Crippen molar-refractivity contribution < 1.29 is 24.5 Å². The summed E-state index contributed by atoms with van der Waals surface area (Å²) in [4.78, 5) is 2.68. The maximum absolute atomic E-state index is 10.1. The molecule has 0 radical (unpaired) electrons. The van der Waals surface area contributed by atoms with E-state index in [4.69, 9.17) is 14.7 Å². The number of aliphatic hydroxyl groups is 3. The second kappa shape index (κ2) is 6.61. The molecule has 3 N–H and O–H groups in total. The summed E-state index contributed by atoms with van der Waals surface area (Å²) in [5.74, 6) is 0. The Bertz CT molecular complexity index is 408. The van der Waals surface area contributed by atoms with Crippen LogP contribution in [0.5, 0.6) is 0 Å². The topological polar surface area (TPSA) is 128 Å². The minimum Gasteiger partial charge on any atom is -0.394 e. The molecule has 0 bridgehead atoms. The molecule has 0 saturated carbocycles. The Morgan fingerprint density at radius 2 is 1.86 bits per heavy atom.